The van der Waals surface area contributed by atoms with Crippen molar-refractivity contribution in [3.8, 4) is 0 Å². The maximum Gasteiger partial charge on any atom is 0.155 e. The Kier molecular flexibility index (Phi) is 15.3. The number of rotatable bonds is 17. The topological polar surface area (TPSA) is 29.5 Å². The Bertz CT molecular complexity index is 667. The third kappa shape index (κ3) is 17.2. The zero-order chi connectivity index (χ0) is 23.8. The molecule has 1 saturated carbocycles. The Morgan fingerprint density at radius 3 is 1.50 bits per heavy atom. The summed E-state index contributed by atoms with van der Waals surface area (Å²) in [5.41, 5.74) is 7.28. The summed E-state index contributed by atoms with van der Waals surface area (Å²) in [5.74, 6) is 0. The van der Waals surface area contributed by atoms with Crippen LogP contribution < -0.4 is 0 Å². The standard InChI is InChI=1S/C30H50O2/c1-24(2)12-9-15-27(5)18-10-16-25(3)13-7-8-14-26(4)17-11-19-28(6)20-23-30(31)32-29-21-22-29/h12-14,18-19,29-31H,7-11,15-17,20-23H2,1-6H3. The lowest BCUT2D eigenvalue weighted by atomic mass is 10.0. The van der Waals surface area contributed by atoms with Gasteiger partial charge in [0.2, 0.25) is 0 Å². The van der Waals surface area contributed by atoms with Crippen LogP contribution in [0, 0.1) is 0 Å². The lowest BCUT2D eigenvalue weighted by Crippen LogP contribution is -2.13. The number of unbranched alkanes of at least 4 members (excludes halogenated alkanes) is 1. The minimum atomic E-state index is -0.586. The number of ether oxygens (including phenoxy) is 1. The van der Waals surface area contributed by atoms with Gasteiger partial charge in [0, 0.05) is 6.42 Å². The molecule has 0 radical (unpaired) electrons. The average Bonchev–Trinajstić information content (AvgIpc) is 3.53. The van der Waals surface area contributed by atoms with E-state index in [4.69, 9.17) is 4.74 Å². The second-order valence-corrected chi connectivity index (χ2v) is 10.0. The van der Waals surface area contributed by atoms with Crippen molar-refractivity contribution in [3.63, 3.8) is 0 Å². The van der Waals surface area contributed by atoms with Gasteiger partial charge in [-0.3, -0.25) is 0 Å². The number of aliphatic hydroxyl groups is 1. The van der Waals surface area contributed by atoms with Gasteiger partial charge in [-0.05, 0) is 112 Å². The molecule has 0 aliphatic heterocycles. The summed E-state index contributed by atoms with van der Waals surface area (Å²) in [6.07, 6.45) is 24.6. The molecule has 0 aromatic rings. The second kappa shape index (κ2) is 17.1. The quantitative estimate of drug-likeness (QED) is 0.138. The Morgan fingerprint density at radius 1 is 0.656 bits per heavy atom. The van der Waals surface area contributed by atoms with Crippen molar-refractivity contribution >= 4 is 0 Å². The molecule has 0 saturated heterocycles. The van der Waals surface area contributed by atoms with Crippen molar-refractivity contribution in [2.24, 2.45) is 0 Å². The minimum absolute atomic E-state index is 0.323. The Morgan fingerprint density at radius 2 is 1.06 bits per heavy atom. The van der Waals surface area contributed by atoms with Crippen molar-refractivity contribution < 1.29 is 9.84 Å². The van der Waals surface area contributed by atoms with Crippen LogP contribution in [0.4, 0.5) is 0 Å². The molecule has 0 amide bonds. The maximum absolute atomic E-state index is 9.83. The van der Waals surface area contributed by atoms with Gasteiger partial charge in [-0.1, -0.05) is 58.2 Å². The number of aliphatic hydroxyl groups excluding tert-OH is 1. The van der Waals surface area contributed by atoms with Crippen LogP contribution >= 0.6 is 0 Å². The highest BCUT2D eigenvalue weighted by Gasteiger charge is 2.25. The fourth-order valence-electron chi connectivity index (χ4n) is 3.59. The van der Waals surface area contributed by atoms with E-state index in [9.17, 15) is 5.11 Å². The first-order valence-electron chi connectivity index (χ1n) is 12.9. The lowest BCUT2D eigenvalue weighted by Gasteiger charge is -2.11. The summed E-state index contributed by atoms with van der Waals surface area (Å²) >= 11 is 0. The zero-order valence-corrected chi connectivity index (χ0v) is 21.9. The fraction of sp³-hybridized carbons (Fsp3) is 0.667. The first kappa shape index (κ1) is 28.7. The van der Waals surface area contributed by atoms with Gasteiger partial charge in [0.05, 0.1) is 6.10 Å². The van der Waals surface area contributed by atoms with E-state index in [-0.39, 0.29) is 0 Å². The molecule has 1 unspecified atom stereocenters. The van der Waals surface area contributed by atoms with E-state index in [1.54, 1.807) is 0 Å². The fourth-order valence-corrected chi connectivity index (χ4v) is 3.59. The molecule has 2 nitrogen and oxygen atoms in total. The summed E-state index contributed by atoms with van der Waals surface area (Å²) < 4.78 is 5.49. The number of hydrogen-bond acceptors (Lipinski definition) is 2. The average molecular weight is 443 g/mol. The summed E-state index contributed by atoms with van der Waals surface area (Å²) in [6, 6.07) is 0. The van der Waals surface area contributed by atoms with Crippen LogP contribution in [0.5, 0.6) is 0 Å². The number of allylic oxidation sites excluding steroid dienone is 10. The van der Waals surface area contributed by atoms with E-state index in [1.807, 2.05) is 0 Å². The predicted octanol–water partition coefficient (Wildman–Crippen LogP) is 9.14. The second-order valence-electron chi connectivity index (χ2n) is 10.0. The molecule has 1 aliphatic rings. The van der Waals surface area contributed by atoms with Gasteiger partial charge < -0.3 is 9.84 Å². The van der Waals surface area contributed by atoms with Gasteiger partial charge in [-0.15, -0.1) is 0 Å². The SMILES string of the molecule is CC(C)=CCCC(C)=CCCC(C)=CCCC=C(C)CCC=C(C)CCC(O)OC1CC1. The van der Waals surface area contributed by atoms with E-state index in [2.05, 4.69) is 71.9 Å². The minimum Gasteiger partial charge on any atom is -0.368 e. The van der Waals surface area contributed by atoms with Crippen LogP contribution in [0.3, 0.4) is 0 Å². The van der Waals surface area contributed by atoms with Crippen LogP contribution in [-0.2, 0) is 4.74 Å². The van der Waals surface area contributed by atoms with Crippen molar-refractivity contribution in [2.75, 3.05) is 0 Å². The third-order valence-corrected chi connectivity index (χ3v) is 5.97. The van der Waals surface area contributed by atoms with Gasteiger partial charge in [0.25, 0.3) is 0 Å². The van der Waals surface area contributed by atoms with Crippen LogP contribution in [0.2, 0.25) is 0 Å². The molecule has 32 heavy (non-hydrogen) atoms. The Labute approximate surface area is 199 Å². The van der Waals surface area contributed by atoms with Gasteiger partial charge in [-0.25, -0.2) is 0 Å². The van der Waals surface area contributed by atoms with Crippen molar-refractivity contribution in [1.82, 2.24) is 0 Å². The molecule has 0 aromatic heterocycles. The predicted molar refractivity (Wildman–Crippen MR) is 141 cm³/mol. The first-order chi connectivity index (χ1) is 15.3. The van der Waals surface area contributed by atoms with E-state index in [1.165, 1.54) is 47.1 Å². The Balaban J connectivity index is 2.14. The van der Waals surface area contributed by atoms with Gasteiger partial charge in [0.15, 0.2) is 6.29 Å². The molecular weight excluding hydrogens is 392 g/mol. The Hall–Kier alpha value is -1.38. The largest absolute Gasteiger partial charge is 0.368 e. The molecule has 1 rings (SSSR count). The van der Waals surface area contributed by atoms with Crippen molar-refractivity contribution in [3.05, 3.63) is 58.2 Å². The molecular formula is C30H50O2. The smallest absolute Gasteiger partial charge is 0.155 e. The zero-order valence-electron chi connectivity index (χ0n) is 21.9. The van der Waals surface area contributed by atoms with E-state index in [0.29, 0.717) is 12.5 Å². The van der Waals surface area contributed by atoms with Crippen molar-refractivity contribution in [1.29, 1.82) is 0 Å². The molecule has 1 atom stereocenters. The van der Waals surface area contributed by atoms with Gasteiger partial charge >= 0.3 is 0 Å². The molecule has 1 aliphatic carbocycles. The molecule has 0 heterocycles. The molecule has 182 valence electrons. The van der Waals surface area contributed by atoms with Gasteiger partial charge in [-0.2, -0.15) is 0 Å². The highest BCUT2D eigenvalue weighted by molar-refractivity contribution is 5.07. The third-order valence-electron chi connectivity index (χ3n) is 5.97. The highest BCUT2D eigenvalue weighted by atomic mass is 16.6. The highest BCUT2D eigenvalue weighted by Crippen LogP contribution is 2.26. The van der Waals surface area contributed by atoms with E-state index < -0.39 is 6.29 Å². The summed E-state index contributed by atoms with van der Waals surface area (Å²) in [6.45, 7) is 13.3. The molecule has 2 heteroatoms. The normalized spacial score (nSPS) is 17.0. The van der Waals surface area contributed by atoms with Crippen LogP contribution in [-0.4, -0.2) is 17.5 Å². The van der Waals surface area contributed by atoms with Crippen LogP contribution in [0.1, 0.15) is 119 Å². The number of hydrogen-bond donors (Lipinski definition) is 1. The lowest BCUT2D eigenvalue weighted by molar-refractivity contribution is -0.111. The summed E-state index contributed by atoms with van der Waals surface area (Å²) in [4.78, 5) is 0. The van der Waals surface area contributed by atoms with E-state index >= 15 is 0 Å². The molecule has 1 fully saturated rings. The van der Waals surface area contributed by atoms with Gasteiger partial charge in [0.1, 0.15) is 0 Å². The molecule has 1 N–H and O–H groups in total. The first-order valence-corrected chi connectivity index (χ1v) is 12.9. The monoisotopic (exact) mass is 442 g/mol. The molecule has 0 aromatic carbocycles. The van der Waals surface area contributed by atoms with Crippen LogP contribution in [0.25, 0.3) is 0 Å². The van der Waals surface area contributed by atoms with E-state index in [0.717, 1.165) is 51.4 Å². The molecule has 0 spiro atoms. The molecule has 0 bridgehead atoms. The summed E-state index contributed by atoms with van der Waals surface area (Å²) in [5, 5.41) is 9.83. The summed E-state index contributed by atoms with van der Waals surface area (Å²) in [7, 11) is 0. The van der Waals surface area contributed by atoms with Crippen LogP contribution in [0.15, 0.2) is 58.2 Å². The van der Waals surface area contributed by atoms with Crippen molar-refractivity contribution in [2.45, 2.75) is 131 Å². The maximum atomic E-state index is 9.83.